The molecule has 0 fully saturated rings. The number of rotatable bonds is 4. The molecule has 0 N–H and O–H groups in total. The highest BCUT2D eigenvalue weighted by atomic mass is 35.5. The predicted octanol–water partition coefficient (Wildman–Crippen LogP) is 4.62. The Labute approximate surface area is 111 Å². The summed E-state index contributed by atoms with van der Waals surface area (Å²) in [6, 6.07) is 12.5. The molecule has 2 aromatic rings. The van der Waals surface area contributed by atoms with Gasteiger partial charge in [-0.2, -0.15) is 0 Å². The van der Waals surface area contributed by atoms with E-state index in [1.165, 1.54) is 6.07 Å². The molecule has 18 heavy (non-hydrogen) atoms. The van der Waals surface area contributed by atoms with Gasteiger partial charge in [0.25, 0.3) is 0 Å². The van der Waals surface area contributed by atoms with Crippen LogP contribution in [0.15, 0.2) is 42.5 Å². The van der Waals surface area contributed by atoms with Crippen LogP contribution in [0, 0.1) is 5.82 Å². The minimum atomic E-state index is -0.408. The number of ether oxygens (including phenoxy) is 1. The van der Waals surface area contributed by atoms with Crippen molar-refractivity contribution in [1.29, 1.82) is 0 Å². The Balaban J connectivity index is 2.09. The Morgan fingerprint density at radius 1 is 1.17 bits per heavy atom. The molecule has 3 heteroatoms. The second-order valence-electron chi connectivity index (χ2n) is 4.00. The first kappa shape index (κ1) is 12.9. The van der Waals surface area contributed by atoms with E-state index < -0.39 is 5.82 Å². The zero-order chi connectivity index (χ0) is 13.0. The highest BCUT2D eigenvalue weighted by Gasteiger charge is 2.04. The van der Waals surface area contributed by atoms with Gasteiger partial charge in [-0.25, -0.2) is 4.39 Å². The highest BCUT2D eigenvalue weighted by Crippen LogP contribution is 2.21. The molecule has 0 atom stereocenters. The van der Waals surface area contributed by atoms with E-state index >= 15 is 0 Å². The third-order valence-corrected chi connectivity index (χ3v) is 3.02. The summed E-state index contributed by atoms with van der Waals surface area (Å²) in [7, 11) is 0. The summed E-state index contributed by atoms with van der Waals surface area (Å²) in [6.45, 7) is 2.47. The lowest BCUT2D eigenvalue weighted by Crippen LogP contribution is -1.98. The second-order valence-corrected chi connectivity index (χ2v) is 4.41. The molecule has 0 saturated carbocycles. The third-order valence-electron chi connectivity index (χ3n) is 2.73. The topological polar surface area (TPSA) is 9.23 Å². The van der Waals surface area contributed by atoms with E-state index in [9.17, 15) is 4.39 Å². The molecule has 0 bridgehead atoms. The number of halogens is 2. The normalized spacial score (nSPS) is 10.4. The maximum Gasteiger partial charge on any atom is 0.141 e. The molecule has 0 amide bonds. The third kappa shape index (κ3) is 3.02. The van der Waals surface area contributed by atoms with Crippen LogP contribution >= 0.6 is 11.6 Å². The van der Waals surface area contributed by atoms with E-state index in [4.69, 9.17) is 16.3 Å². The van der Waals surface area contributed by atoms with Gasteiger partial charge in [-0.3, -0.25) is 0 Å². The van der Waals surface area contributed by atoms with Gasteiger partial charge in [-0.1, -0.05) is 42.8 Å². The Hall–Kier alpha value is -1.54. The van der Waals surface area contributed by atoms with Crippen molar-refractivity contribution in [2.24, 2.45) is 0 Å². The highest BCUT2D eigenvalue weighted by molar-refractivity contribution is 6.30. The summed E-state index contributed by atoms with van der Waals surface area (Å²) in [6.07, 6.45) is 0.917. The van der Waals surface area contributed by atoms with Crippen molar-refractivity contribution in [2.45, 2.75) is 20.0 Å². The van der Waals surface area contributed by atoms with Crippen LogP contribution in [0.5, 0.6) is 5.75 Å². The first-order chi connectivity index (χ1) is 8.70. The van der Waals surface area contributed by atoms with Gasteiger partial charge in [-0.05, 0) is 35.7 Å². The van der Waals surface area contributed by atoms with E-state index in [1.54, 1.807) is 12.1 Å². The summed E-state index contributed by atoms with van der Waals surface area (Å²) < 4.78 is 18.7. The van der Waals surface area contributed by atoms with Gasteiger partial charge in [-0.15, -0.1) is 0 Å². The zero-order valence-corrected chi connectivity index (χ0v) is 10.9. The van der Waals surface area contributed by atoms with Crippen molar-refractivity contribution >= 4 is 11.6 Å². The van der Waals surface area contributed by atoms with Crippen LogP contribution in [-0.4, -0.2) is 0 Å². The maximum absolute atomic E-state index is 13.0. The molecule has 2 aromatic carbocycles. The average Bonchev–Trinajstić information content (AvgIpc) is 2.40. The summed E-state index contributed by atoms with van der Waals surface area (Å²) in [5, 5.41) is 0.125. The SMILES string of the molecule is CCc1ccccc1OCc1ccc(F)c(Cl)c1. The molecule has 0 radical (unpaired) electrons. The van der Waals surface area contributed by atoms with Crippen LogP contribution in [-0.2, 0) is 13.0 Å². The van der Waals surface area contributed by atoms with Crippen LogP contribution in [0.4, 0.5) is 4.39 Å². The van der Waals surface area contributed by atoms with E-state index in [2.05, 4.69) is 6.92 Å². The van der Waals surface area contributed by atoms with Crippen molar-refractivity contribution in [3.63, 3.8) is 0 Å². The van der Waals surface area contributed by atoms with Gasteiger partial charge in [0.05, 0.1) is 5.02 Å². The fourth-order valence-corrected chi connectivity index (χ4v) is 1.93. The van der Waals surface area contributed by atoms with Gasteiger partial charge in [0.2, 0.25) is 0 Å². The van der Waals surface area contributed by atoms with Crippen molar-refractivity contribution in [1.82, 2.24) is 0 Å². The van der Waals surface area contributed by atoms with Crippen molar-refractivity contribution in [2.75, 3.05) is 0 Å². The lowest BCUT2D eigenvalue weighted by Gasteiger charge is -2.10. The maximum atomic E-state index is 13.0. The smallest absolute Gasteiger partial charge is 0.141 e. The fourth-order valence-electron chi connectivity index (χ4n) is 1.73. The molecular weight excluding hydrogens is 251 g/mol. The first-order valence-corrected chi connectivity index (χ1v) is 6.23. The van der Waals surface area contributed by atoms with Crippen LogP contribution in [0.1, 0.15) is 18.1 Å². The van der Waals surface area contributed by atoms with Gasteiger partial charge in [0.15, 0.2) is 0 Å². The van der Waals surface area contributed by atoms with E-state index in [1.807, 2.05) is 24.3 Å². The predicted molar refractivity (Wildman–Crippen MR) is 71.6 cm³/mol. The molecule has 0 spiro atoms. The number of para-hydroxylation sites is 1. The van der Waals surface area contributed by atoms with Gasteiger partial charge >= 0.3 is 0 Å². The van der Waals surface area contributed by atoms with Crippen molar-refractivity contribution in [3.05, 3.63) is 64.4 Å². The Bertz CT molecular complexity index is 540. The Morgan fingerprint density at radius 2 is 1.94 bits per heavy atom. The monoisotopic (exact) mass is 264 g/mol. The number of benzene rings is 2. The second kappa shape index (κ2) is 5.87. The molecule has 0 aliphatic rings. The van der Waals surface area contributed by atoms with Crippen LogP contribution in [0.2, 0.25) is 5.02 Å². The zero-order valence-electron chi connectivity index (χ0n) is 10.1. The molecule has 0 aromatic heterocycles. The molecule has 0 heterocycles. The van der Waals surface area contributed by atoms with E-state index in [0.29, 0.717) is 6.61 Å². The van der Waals surface area contributed by atoms with Gasteiger partial charge in [0.1, 0.15) is 18.2 Å². The van der Waals surface area contributed by atoms with Crippen LogP contribution in [0.3, 0.4) is 0 Å². The summed E-state index contributed by atoms with van der Waals surface area (Å²) >= 11 is 5.72. The molecule has 0 saturated heterocycles. The number of hydrogen-bond acceptors (Lipinski definition) is 1. The molecule has 0 unspecified atom stereocenters. The molecular formula is C15H14ClFO. The molecule has 1 nitrogen and oxygen atoms in total. The Kier molecular flexibility index (Phi) is 4.21. The van der Waals surface area contributed by atoms with Gasteiger partial charge in [0, 0.05) is 0 Å². The minimum Gasteiger partial charge on any atom is -0.489 e. The number of hydrogen-bond donors (Lipinski definition) is 0. The van der Waals surface area contributed by atoms with Crippen LogP contribution < -0.4 is 4.74 Å². The van der Waals surface area contributed by atoms with E-state index in [-0.39, 0.29) is 5.02 Å². The number of aryl methyl sites for hydroxylation is 1. The average molecular weight is 265 g/mol. The molecule has 2 rings (SSSR count). The standard InChI is InChI=1S/C15H14ClFO/c1-2-12-5-3-4-6-15(12)18-10-11-7-8-14(17)13(16)9-11/h3-9H,2,10H2,1H3. The molecule has 0 aliphatic carbocycles. The van der Waals surface area contributed by atoms with Crippen LogP contribution in [0.25, 0.3) is 0 Å². The molecule has 0 aliphatic heterocycles. The van der Waals surface area contributed by atoms with Crippen molar-refractivity contribution in [3.8, 4) is 5.75 Å². The first-order valence-electron chi connectivity index (χ1n) is 5.85. The quantitative estimate of drug-likeness (QED) is 0.783. The largest absolute Gasteiger partial charge is 0.489 e. The summed E-state index contributed by atoms with van der Waals surface area (Å²) in [5.74, 6) is 0.454. The van der Waals surface area contributed by atoms with E-state index in [0.717, 1.165) is 23.3 Å². The molecule has 94 valence electrons. The Morgan fingerprint density at radius 3 is 2.67 bits per heavy atom. The van der Waals surface area contributed by atoms with Gasteiger partial charge < -0.3 is 4.74 Å². The summed E-state index contributed by atoms with van der Waals surface area (Å²) in [4.78, 5) is 0. The van der Waals surface area contributed by atoms with Crippen molar-refractivity contribution < 1.29 is 9.13 Å². The summed E-state index contributed by atoms with van der Waals surface area (Å²) in [5.41, 5.74) is 2.01. The fraction of sp³-hybridized carbons (Fsp3) is 0.200. The lowest BCUT2D eigenvalue weighted by atomic mass is 10.1. The minimum absolute atomic E-state index is 0.125. The lowest BCUT2D eigenvalue weighted by molar-refractivity contribution is 0.303.